The summed E-state index contributed by atoms with van der Waals surface area (Å²) in [5.41, 5.74) is 1.76. The molecule has 1 aromatic carbocycles. The fourth-order valence-electron chi connectivity index (χ4n) is 3.67. The summed E-state index contributed by atoms with van der Waals surface area (Å²) in [7, 11) is -3.06. The van der Waals surface area contributed by atoms with Crippen LogP contribution in [0.3, 0.4) is 0 Å². The summed E-state index contributed by atoms with van der Waals surface area (Å²) in [4.78, 5) is 24.0. The Bertz CT molecular complexity index is 1180. The van der Waals surface area contributed by atoms with E-state index >= 15 is 0 Å². The van der Waals surface area contributed by atoms with Crippen molar-refractivity contribution in [1.29, 1.82) is 0 Å². The molecule has 0 bridgehead atoms. The molecule has 0 N–H and O–H groups in total. The summed E-state index contributed by atoms with van der Waals surface area (Å²) >= 11 is 2.79. The first-order valence-electron chi connectivity index (χ1n) is 9.49. The lowest BCUT2D eigenvalue weighted by Gasteiger charge is -2.26. The number of aromatic nitrogens is 2. The van der Waals surface area contributed by atoms with Gasteiger partial charge in [-0.15, -0.1) is 11.3 Å². The maximum absolute atomic E-state index is 13.3. The van der Waals surface area contributed by atoms with Gasteiger partial charge in [0.1, 0.15) is 22.0 Å². The Labute approximate surface area is 182 Å². The molecule has 3 aromatic rings. The molecule has 0 saturated carbocycles. The highest BCUT2D eigenvalue weighted by Crippen LogP contribution is 2.38. The Morgan fingerprint density at radius 2 is 2.07 bits per heavy atom. The fraction of sp³-hybridized carbons (Fsp3) is 0.350. The molecule has 158 valence electrons. The molecule has 0 radical (unpaired) electrons. The summed E-state index contributed by atoms with van der Waals surface area (Å²) < 4.78 is 36.9. The topological polar surface area (TPSA) is 80.2 Å². The Balaban J connectivity index is 1.56. The highest BCUT2D eigenvalue weighted by atomic mass is 32.2. The van der Waals surface area contributed by atoms with Gasteiger partial charge in [0.2, 0.25) is 5.91 Å². The van der Waals surface area contributed by atoms with E-state index in [0.717, 1.165) is 21.3 Å². The van der Waals surface area contributed by atoms with Crippen molar-refractivity contribution in [3.63, 3.8) is 0 Å². The van der Waals surface area contributed by atoms with Gasteiger partial charge in [0.05, 0.1) is 22.6 Å². The van der Waals surface area contributed by atoms with Crippen LogP contribution in [0.25, 0.3) is 21.3 Å². The summed E-state index contributed by atoms with van der Waals surface area (Å²) in [5.74, 6) is -0.0706. The third kappa shape index (κ3) is 4.35. The third-order valence-corrected chi connectivity index (χ3v) is 8.74. The van der Waals surface area contributed by atoms with Gasteiger partial charge < -0.3 is 4.90 Å². The molecule has 1 fully saturated rings. The molecule has 0 aliphatic carbocycles. The average molecular weight is 466 g/mol. The highest BCUT2D eigenvalue weighted by Gasteiger charge is 2.33. The third-order valence-electron chi connectivity index (χ3n) is 5.13. The van der Waals surface area contributed by atoms with Crippen molar-refractivity contribution in [3.8, 4) is 11.1 Å². The lowest BCUT2D eigenvalue weighted by molar-refractivity contribution is -0.129. The second kappa shape index (κ2) is 8.60. The number of rotatable bonds is 6. The summed E-state index contributed by atoms with van der Waals surface area (Å²) in [5, 5.41) is 3.49. The van der Waals surface area contributed by atoms with Crippen molar-refractivity contribution in [3.05, 3.63) is 41.8 Å². The Hall–Kier alpha value is -2.04. The zero-order chi connectivity index (χ0) is 21.3. The van der Waals surface area contributed by atoms with Crippen LogP contribution in [0.15, 0.2) is 41.0 Å². The first-order chi connectivity index (χ1) is 14.4. The number of carbonyl (C=O) groups is 1. The Kier molecular flexibility index (Phi) is 6.08. The van der Waals surface area contributed by atoms with E-state index in [-0.39, 0.29) is 35.0 Å². The fourth-order valence-corrected chi connectivity index (χ4v) is 7.28. The van der Waals surface area contributed by atoms with Crippen LogP contribution in [-0.4, -0.2) is 59.0 Å². The molecule has 1 aliphatic rings. The van der Waals surface area contributed by atoms with Crippen LogP contribution >= 0.6 is 23.1 Å². The molecule has 0 spiro atoms. The van der Waals surface area contributed by atoms with Crippen LogP contribution in [-0.2, 0) is 14.6 Å². The normalized spacial score (nSPS) is 18.0. The number of halogens is 1. The van der Waals surface area contributed by atoms with Crippen molar-refractivity contribution in [2.45, 2.75) is 24.4 Å². The van der Waals surface area contributed by atoms with Crippen molar-refractivity contribution in [2.75, 3.05) is 23.8 Å². The minimum absolute atomic E-state index is 0.0360. The summed E-state index contributed by atoms with van der Waals surface area (Å²) in [6.07, 6.45) is 1.96. The van der Waals surface area contributed by atoms with Crippen molar-refractivity contribution in [2.24, 2.45) is 0 Å². The summed E-state index contributed by atoms with van der Waals surface area (Å²) in [6, 6.07) is 5.99. The second-order valence-electron chi connectivity index (χ2n) is 7.04. The molecule has 4 rings (SSSR count). The summed E-state index contributed by atoms with van der Waals surface area (Å²) in [6.45, 7) is 2.33. The molecule has 10 heteroatoms. The lowest BCUT2D eigenvalue weighted by Crippen LogP contribution is -2.41. The second-order valence-corrected chi connectivity index (χ2v) is 11.1. The quantitative estimate of drug-likeness (QED) is 0.409. The van der Waals surface area contributed by atoms with E-state index in [1.54, 1.807) is 17.0 Å². The van der Waals surface area contributed by atoms with Gasteiger partial charge in [-0.3, -0.25) is 4.79 Å². The monoisotopic (exact) mass is 465 g/mol. The molecule has 1 atom stereocenters. The Morgan fingerprint density at radius 1 is 1.30 bits per heavy atom. The van der Waals surface area contributed by atoms with Gasteiger partial charge in [0, 0.05) is 23.5 Å². The van der Waals surface area contributed by atoms with E-state index in [1.807, 2.05) is 12.3 Å². The number of hydrogen-bond donors (Lipinski definition) is 0. The molecule has 3 heterocycles. The number of thiophene rings is 1. The van der Waals surface area contributed by atoms with E-state index in [1.165, 1.54) is 41.6 Å². The molecule has 6 nitrogen and oxygen atoms in total. The van der Waals surface area contributed by atoms with Gasteiger partial charge in [0.25, 0.3) is 0 Å². The predicted molar refractivity (Wildman–Crippen MR) is 118 cm³/mol. The van der Waals surface area contributed by atoms with Gasteiger partial charge in [-0.2, -0.15) is 0 Å². The minimum atomic E-state index is -3.06. The van der Waals surface area contributed by atoms with Crippen LogP contribution in [0.4, 0.5) is 4.39 Å². The number of fused-ring (bicyclic) bond motifs is 1. The first kappa shape index (κ1) is 21.2. The molecule has 30 heavy (non-hydrogen) atoms. The lowest BCUT2D eigenvalue weighted by atomic mass is 10.1. The van der Waals surface area contributed by atoms with E-state index in [2.05, 4.69) is 9.97 Å². The van der Waals surface area contributed by atoms with Gasteiger partial charge in [-0.25, -0.2) is 22.8 Å². The van der Waals surface area contributed by atoms with E-state index in [0.29, 0.717) is 18.0 Å². The number of carbonyl (C=O) groups excluding carboxylic acids is 1. The molecular weight excluding hydrogens is 445 g/mol. The number of amides is 1. The number of nitrogens with zero attached hydrogens (tertiary/aromatic N) is 3. The average Bonchev–Trinajstić information content (AvgIpc) is 3.31. The van der Waals surface area contributed by atoms with Crippen LogP contribution in [0.1, 0.15) is 13.3 Å². The van der Waals surface area contributed by atoms with Crippen LogP contribution < -0.4 is 0 Å². The maximum Gasteiger partial charge on any atom is 0.233 e. The molecule has 1 aliphatic heterocycles. The van der Waals surface area contributed by atoms with E-state index < -0.39 is 9.84 Å². The Morgan fingerprint density at radius 3 is 2.73 bits per heavy atom. The van der Waals surface area contributed by atoms with Crippen LogP contribution in [0.2, 0.25) is 0 Å². The number of thioether (sulfide) groups is 1. The largest absolute Gasteiger partial charge is 0.338 e. The van der Waals surface area contributed by atoms with Gasteiger partial charge >= 0.3 is 0 Å². The van der Waals surface area contributed by atoms with Gasteiger partial charge in [-0.1, -0.05) is 23.9 Å². The molecular formula is C20H20FN3O3S3. The predicted octanol–water partition coefficient (Wildman–Crippen LogP) is 3.63. The van der Waals surface area contributed by atoms with Crippen molar-refractivity contribution >= 4 is 49.1 Å². The van der Waals surface area contributed by atoms with Gasteiger partial charge in [0.15, 0.2) is 9.84 Å². The standard InChI is InChI=1S/C20H20FN3O3S3/c1-2-24(15-7-8-30(26,27)11-15)17(25)10-29-20-18-16(9-28-19(18)22-12-23-20)13-3-5-14(21)6-4-13/h3-6,9,12,15H,2,7-8,10-11H2,1H3. The van der Waals surface area contributed by atoms with Crippen LogP contribution in [0, 0.1) is 5.82 Å². The van der Waals surface area contributed by atoms with Crippen molar-refractivity contribution < 1.29 is 17.6 Å². The van der Waals surface area contributed by atoms with Crippen molar-refractivity contribution in [1.82, 2.24) is 14.9 Å². The zero-order valence-corrected chi connectivity index (χ0v) is 18.7. The number of hydrogen-bond acceptors (Lipinski definition) is 7. The number of sulfone groups is 1. The van der Waals surface area contributed by atoms with E-state index in [4.69, 9.17) is 0 Å². The molecule has 1 unspecified atom stereocenters. The highest BCUT2D eigenvalue weighted by molar-refractivity contribution is 8.00. The molecule has 1 saturated heterocycles. The van der Waals surface area contributed by atoms with Gasteiger partial charge in [-0.05, 0) is 31.0 Å². The molecule has 1 amide bonds. The number of benzene rings is 1. The SMILES string of the molecule is CCN(C(=O)CSc1ncnc2scc(-c3ccc(F)cc3)c12)C1CCS(=O)(=O)C1. The van der Waals surface area contributed by atoms with Crippen LogP contribution in [0.5, 0.6) is 0 Å². The smallest absolute Gasteiger partial charge is 0.233 e. The minimum Gasteiger partial charge on any atom is -0.338 e. The molecule has 2 aromatic heterocycles. The zero-order valence-electron chi connectivity index (χ0n) is 16.2. The first-order valence-corrected chi connectivity index (χ1v) is 13.2. The van der Waals surface area contributed by atoms with E-state index in [9.17, 15) is 17.6 Å². The maximum atomic E-state index is 13.3.